The van der Waals surface area contributed by atoms with Gasteiger partial charge in [0.2, 0.25) is 5.91 Å². The number of nitrogens with zero attached hydrogens (tertiary/aromatic N) is 4. The molecule has 2 aromatic heterocycles. The van der Waals surface area contributed by atoms with E-state index in [9.17, 15) is 19.5 Å². The van der Waals surface area contributed by atoms with Gasteiger partial charge in [-0.3, -0.25) is 14.4 Å². The fourth-order valence-electron chi connectivity index (χ4n) is 8.50. The molecule has 0 unspecified atom stereocenters. The summed E-state index contributed by atoms with van der Waals surface area (Å²) in [5.74, 6) is 1.64. The standard InChI is InChI=1S/C42H57N5O4S/c1-5-6-28-7-11-30(12-8-28)31-17-21-46(22-18-31)34-26-43-38(44-27-34)32-13-9-29(10-14-32)25-35(40(49)47-23-19-33(20-24-47)41(50)51)45-39(48)36-15-16-37(52-36)42(2,3)4/h9-10,13-16,26-28,30-31,33,35H,5-8,11-12,17-25H2,1-4H3,(H,45,48)(H,50,51)/t28-,30-,35-/m0/s1. The second-order valence-corrected chi connectivity index (χ2v) is 17.5. The van der Waals surface area contributed by atoms with Crippen molar-refractivity contribution in [3.63, 3.8) is 0 Å². The highest BCUT2D eigenvalue weighted by atomic mass is 32.1. The average molecular weight is 728 g/mol. The Bertz CT molecular complexity index is 1640. The Morgan fingerprint density at radius 2 is 1.50 bits per heavy atom. The van der Waals surface area contributed by atoms with Gasteiger partial charge in [0.05, 0.1) is 28.9 Å². The minimum Gasteiger partial charge on any atom is -0.481 e. The third kappa shape index (κ3) is 9.41. The van der Waals surface area contributed by atoms with Crippen molar-refractivity contribution in [2.24, 2.45) is 23.7 Å². The lowest BCUT2D eigenvalue weighted by Gasteiger charge is -2.39. The summed E-state index contributed by atoms with van der Waals surface area (Å²) in [5.41, 5.74) is 2.80. The molecular formula is C42H57N5O4S. The van der Waals surface area contributed by atoms with E-state index >= 15 is 0 Å². The first-order valence-corrected chi connectivity index (χ1v) is 20.4. The zero-order valence-corrected chi connectivity index (χ0v) is 32.3. The van der Waals surface area contributed by atoms with Crippen molar-refractivity contribution in [3.8, 4) is 11.4 Å². The molecule has 0 radical (unpaired) electrons. The molecule has 2 amide bonds. The Kier molecular flexibility index (Phi) is 12.3. The first kappa shape index (κ1) is 38.0. The van der Waals surface area contributed by atoms with E-state index in [-0.39, 0.29) is 17.2 Å². The van der Waals surface area contributed by atoms with Crippen molar-refractivity contribution in [3.05, 3.63) is 64.1 Å². The van der Waals surface area contributed by atoms with E-state index in [1.807, 2.05) is 48.8 Å². The molecule has 4 heterocycles. The first-order chi connectivity index (χ1) is 25.0. The molecule has 3 aromatic rings. The van der Waals surface area contributed by atoms with Crippen LogP contribution in [0.3, 0.4) is 0 Å². The van der Waals surface area contributed by atoms with Crippen LogP contribution in [0.25, 0.3) is 11.4 Å². The van der Waals surface area contributed by atoms with Crippen molar-refractivity contribution in [2.45, 2.75) is 110 Å². The maximum Gasteiger partial charge on any atom is 0.306 e. The summed E-state index contributed by atoms with van der Waals surface area (Å²) in [7, 11) is 0. The number of rotatable bonds is 11. The summed E-state index contributed by atoms with van der Waals surface area (Å²) in [6, 6.07) is 10.9. The second kappa shape index (κ2) is 16.9. The normalized spacial score (nSPS) is 21.2. The Balaban J connectivity index is 1.07. The molecule has 280 valence electrons. The van der Waals surface area contributed by atoms with Gasteiger partial charge in [-0.25, -0.2) is 9.97 Å². The maximum absolute atomic E-state index is 13.8. The third-order valence-electron chi connectivity index (χ3n) is 11.8. The number of likely N-dealkylation sites (tertiary alicyclic amines) is 1. The number of carbonyl (C=O) groups is 3. The number of nitrogens with one attached hydrogen (secondary N) is 1. The van der Waals surface area contributed by atoms with Gasteiger partial charge in [-0.15, -0.1) is 11.3 Å². The molecule has 2 N–H and O–H groups in total. The predicted molar refractivity (Wildman–Crippen MR) is 208 cm³/mol. The third-order valence-corrected chi connectivity index (χ3v) is 13.3. The molecule has 1 atom stereocenters. The molecule has 10 heteroatoms. The quantitative estimate of drug-likeness (QED) is 0.206. The zero-order chi connectivity index (χ0) is 36.8. The SMILES string of the molecule is CCC[C@H]1CC[C@H](C2CCN(c3cnc(-c4ccc(C[C@H](NC(=O)c5ccc(C(C)(C)C)s5)C(=O)N5CCC(C(=O)O)CC5)cc4)nc3)CC2)CC1. The molecular weight excluding hydrogens is 671 g/mol. The van der Waals surface area contributed by atoms with Crippen LogP contribution in [0.4, 0.5) is 5.69 Å². The number of piperidine rings is 2. The molecule has 0 spiro atoms. The van der Waals surface area contributed by atoms with Gasteiger partial charge in [0.15, 0.2) is 5.82 Å². The van der Waals surface area contributed by atoms with E-state index in [1.54, 1.807) is 4.90 Å². The van der Waals surface area contributed by atoms with Crippen molar-refractivity contribution in [1.82, 2.24) is 20.2 Å². The van der Waals surface area contributed by atoms with Gasteiger partial charge in [0.1, 0.15) is 6.04 Å². The Hall–Kier alpha value is -3.79. The number of carboxylic acid groups (broad SMARTS) is 1. The van der Waals surface area contributed by atoms with Crippen molar-refractivity contribution in [2.75, 3.05) is 31.1 Å². The summed E-state index contributed by atoms with van der Waals surface area (Å²) in [4.78, 5) is 54.1. The molecule has 2 aliphatic heterocycles. The van der Waals surface area contributed by atoms with Crippen LogP contribution in [0.1, 0.15) is 112 Å². The number of hydrogen-bond donors (Lipinski definition) is 2. The predicted octanol–water partition coefficient (Wildman–Crippen LogP) is 7.99. The number of anilines is 1. The smallest absolute Gasteiger partial charge is 0.306 e. The molecule has 52 heavy (non-hydrogen) atoms. The minimum atomic E-state index is -0.821. The molecule has 1 aliphatic carbocycles. The highest BCUT2D eigenvalue weighted by molar-refractivity contribution is 7.14. The van der Waals surface area contributed by atoms with Crippen LogP contribution >= 0.6 is 11.3 Å². The van der Waals surface area contributed by atoms with Gasteiger partial charge in [-0.2, -0.15) is 0 Å². The minimum absolute atomic E-state index is 0.0808. The van der Waals surface area contributed by atoms with Gasteiger partial charge in [-0.1, -0.05) is 77.6 Å². The molecule has 2 saturated heterocycles. The van der Waals surface area contributed by atoms with E-state index < -0.39 is 17.9 Å². The summed E-state index contributed by atoms with van der Waals surface area (Å²) in [6.45, 7) is 11.5. The highest BCUT2D eigenvalue weighted by Gasteiger charge is 2.33. The molecule has 3 fully saturated rings. The molecule has 6 rings (SSSR count). The number of aliphatic carboxylic acids is 1. The van der Waals surface area contributed by atoms with Crippen molar-refractivity contribution >= 4 is 34.8 Å². The summed E-state index contributed by atoms with van der Waals surface area (Å²) in [5, 5.41) is 12.5. The number of hydrogen-bond acceptors (Lipinski definition) is 7. The fourth-order valence-corrected chi connectivity index (χ4v) is 9.47. The van der Waals surface area contributed by atoms with E-state index in [2.05, 4.69) is 37.9 Å². The summed E-state index contributed by atoms with van der Waals surface area (Å²) >= 11 is 1.44. The van der Waals surface area contributed by atoms with Crippen LogP contribution in [-0.2, 0) is 21.4 Å². The lowest BCUT2D eigenvalue weighted by Crippen LogP contribution is -2.52. The highest BCUT2D eigenvalue weighted by Crippen LogP contribution is 2.40. The molecule has 1 saturated carbocycles. The van der Waals surface area contributed by atoms with Crippen LogP contribution in [0.2, 0.25) is 0 Å². The van der Waals surface area contributed by atoms with Gasteiger partial charge >= 0.3 is 5.97 Å². The van der Waals surface area contributed by atoms with Crippen LogP contribution in [0.15, 0.2) is 48.8 Å². The van der Waals surface area contributed by atoms with Gasteiger partial charge in [0, 0.05) is 43.0 Å². The zero-order valence-electron chi connectivity index (χ0n) is 31.5. The van der Waals surface area contributed by atoms with Crippen LogP contribution in [-0.4, -0.2) is 70.0 Å². The van der Waals surface area contributed by atoms with Gasteiger partial charge in [0.25, 0.3) is 5.91 Å². The number of amides is 2. The summed E-state index contributed by atoms with van der Waals surface area (Å²) < 4.78 is 0. The largest absolute Gasteiger partial charge is 0.481 e. The summed E-state index contributed by atoms with van der Waals surface area (Å²) in [6.07, 6.45) is 15.9. The Morgan fingerprint density at radius 3 is 2.08 bits per heavy atom. The second-order valence-electron chi connectivity index (χ2n) is 16.4. The number of benzene rings is 1. The van der Waals surface area contributed by atoms with Crippen LogP contribution in [0, 0.1) is 23.7 Å². The number of thiophene rings is 1. The van der Waals surface area contributed by atoms with Crippen molar-refractivity contribution in [1.29, 1.82) is 0 Å². The number of carbonyl (C=O) groups excluding carboxylic acids is 2. The Morgan fingerprint density at radius 1 is 0.865 bits per heavy atom. The molecule has 0 bridgehead atoms. The van der Waals surface area contributed by atoms with E-state index in [0.29, 0.717) is 43.1 Å². The van der Waals surface area contributed by atoms with Crippen LogP contribution in [0.5, 0.6) is 0 Å². The van der Waals surface area contributed by atoms with Gasteiger partial charge < -0.3 is 20.2 Å². The van der Waals surface area contributed by atoms with Crippen molar-refractivity contribution < 1.29 is 19.5 Å². The monoisotopic (exact) mass is 727 g/mol. The average Bonchev–Trinajstić information content (AvgIpc) is 3.67. The first-order valence-electron chi connectivity index (χ1n) is 19.6. The lowest BCUT2D eigenvalue weighted by atomic mass is 9.72. The van der Waals surface area contributed by atoms with E-state index in [4.69, 9.17) is 9.97 Å². The lowest BCUT2D eigenvalue weighted by molar-refractivity contribution is -0.146. The molecule has 9 nitrogen and oxygen atoms in total. The van der Waals surface area contributed by atoms with E-state index in [0.717, 1.165) is 52.5 Å². The fraction of sp³-hybridized carbons (Fsp3) is 0.595. The maximum atomic E-state index is 13.8. The topological polar surface area (TPSA) is 116 Å². The molecule has 3 aliphatic rings. The van der Waals surface area contributed by atoms with Crippen LogP contribution < -0.4 is 10.2 Å². The number of carboxylic acids is 1. The molecule has 1 aromatic carbocycles. The Labute approximate surface area is 313 Å². The number of aromatic nitrogens is 2. The van der Waals surface area contributed by atoms with E-state index in [1.165, 1.54) is 62.7 Å². The van der Waals surface area contributed by atoms with Gasteiger partial charge in [-0.05, 0) is 79.4 Å².